The summed E-state index contributed by atoms with van der Waals surface area (Å²) in [4.78, 5) is 23.9. The second-order valence-electron chi connectivity index (χ2n) is 8.78. The van der Waals surface area contributed by atoms with E-state index in [2.05, 4.69) is 5.32 Å². The molecule has 162 valence electrons. The summed E-state index contributed by atoms with van der Waals surface area (Å²) in [5.74, 6) is -0.901. The van der Waals surface area contributed by atoms with Gasteiger partial charge >= 0.3 is 5.97 Å². The number of carbonyl (C=O) groups is 2. The smallest absolute Gasteiger partial charge is 0.306 e. The molecule has 1 N–H and O–H groups in total. The van der Waals surface area contributed by atoms with Gasteiger partial charge in [0, 0.05) is 18.8 Å². The lowest BCUT2D eigenvalue weighted by Gasteiger charge is -2.30. The van der Waals surface area contributed by atoms with Crippen LogP contribution in [0.4, 0.5) is 5.69 Å². The predicted molar refractivity (Wildman–Crippen MR) is 112 cm³/mol. The second-order valence-corrected chi connectivity index (χ2v) is 10.8. The number of anilines is 1. The summed E-state index contributed by atoms with van der Waals surface area (Å²) in [6.07, 6.45) is 5.26. The molecule has 0 unspecified atom stereocenters. The monoisotopic (exact) mass is 424 g/mol. The van der Waals surface area contributed by atoms with Gasteiger partial charge in [0.25, 0.3) is 5.91 Å². The fourth-order valence-corrected chi connectivity index (χ4v) is 4.76. The van der Waals surface area contributed by atoms with Gasteiger partial charge in [0.1, 0.15) is 0 Å². The number of hydrogen-bond acceptors (Lipinski definition) is 5. The maximum absolute atomic E-state index is 12.8. The molecular weight excluding hydrogens is 392 g/mol. The molecule has 0 bridgehead atoms. The van der Waals surface area contributed by atoms with Gasteiger partial charge in [0.2, 0.25) is 10.0 Å². The van der Waals surface area contributed by atoms with E-state index < -0.39 is 21.9 Å². The molecule has 0 radical (unpaired) electrons. The Hall–Kier alpha value is -1.93. The largest absolute Gasteiger partial charge is 0.456 e. The number of rotatable bonds is 7. The van der Waals surface area contributed by atoms with Crippen LogP contribution in [0.3, 0.4) is 0 Å². The van der Waals surface area contributed by atoms with Crippen molar-refractivity contribution in [2.75, 3.05) is 19.0 Å². The number of nitrogens with one attached hydrogen (secondary N) is 1. The van der Waals surface area contributed by atoms with Gasteiger partial charge in [-0.05, 0) is 42.5 Å². The summed E-state index contributed by atoms with van der Waals surface area (Å²) in [7, 11) is -1.94. The number of amides is 1. The summed E-state index contributed by atoms with van der Waals surface area (Å²) in [5, 5.41) is 2.61. The Kier molecular flexibility index (Phi) is 7.82. The van der Waals surface area contributed by atoms with Crippen LogP contribution < -0.4 is 5.32 Å². The van der Waals surface area contributed by atoms with Crippen molar-refractivity contribution in [1.82, 2.24) is 4.31 Å². The van der Waals surface area contributed by atoms with E-state index in [0.717, 1.165) is 32.1 Å². The normalized spacial score (nSPS) is 15.9. The Labute approximate surface area is 173 Å². The predicted octanol–water partition coefficient (Wildman–Crippen LogP) is 3.56. The van der Waals surface area contributed by atoms with Gasteiger partial charge in [0.05, 0.1) is 11.3 Å². The summed E-state index contributed by atoms with van der Waals surface area (Å²) in [6.45, 7) is 5.36. The van der Waals surface area contributed by atoms with Crippen LogP contribution in [0.25, 0.3) is 0 Å². The van der Waals surface area contributed by atoms with Gasteiger partial charge in [-0.3, -0.25) is 9.59 Å². The Morgan fingerprint density at radius 3 is 2.24 bits per heavy atom. The van der Waals surface area contributed by atoms with E-state index in [1.165, 1.54) is 28.6 Å². The van der Waals surface area contributed by atoms with Crippen molar-refractivity contribution in [2.24, 2.45) is 5.41 Å². The van der Waals surface area contributed by atoms with Crippen LogP contribution >= 0.6 is 0 Å². The highest BCUT2D eigenvalue weighted by Crippen LogP contribution is 2.27. The van der Waals surface area contributed by atoms with Gasteiger partial charge in [-0.2, -0.15) is 4.31 Å². The zero-order valence-electron chi connectivity index (χ0n) is 17.7. The van der Waals surface area contributed by atoms with Gasteiger partial charge in [-0.1, -0.05) is 40.0 Å². The van der Waals surface area contributed by atoms with Crippen LogP contribution in [0.1, 0.15) is 59.3 Å². The standard InChI is InChI=1S/C21H32N2O5S/c1-21(2,3)14-20(25)28-15-19(24)22-16-10-12-18(13-11-16)29(26,27)23(4)17-8-6-5-7-9-17/h10-13,17H,5-9,14-15H2,1-4H3,(H,22,24). The van der Waals surface area contributed by atoms with Crippen molar-refractivity contribution in [2.45, 2.75) is 70.2 Å². The number of sulfonamides is 1. The first kappa shape index (κ1) is 23.3. The molecule has 1 saturated carbocycles. The number of hydrogen-bond donors (Lipinski definition) is 1. The maximum atomic E-state index is 12.8. The fraction of sp³-hybridized carbons (Fsp3) is 0.619. The molecule has 1 aromatic carbocycles. The lowest BCUT2D eigenvalue weighted by molar-refractivity contribution is -0.149. The maximum Gasteiger partial charge on any atom is 0.306 e. The topological polar surface area (TPSA) is 92.8 Å². The van der Waals surface area contributed by atoms with Crippen LogP contribution in [-0.2, 0) is 24.3 Å². The van der Waals surface area contributed by atoms with E-state index in [9.17, 15) is 18.0 Å². The number of ether oxygens (including phenoxy) is 1. The van der Waals surface area contributed by atoms with Crippen molar-refractivity contribution in [1.29, 1.82) is 0 Å². The van der Waals surface area contributed by atoms with E-state index in [0.29, 0.717) is 5.69 Å². The zero-order chi connectivity index (χ0) is 21.7. The molecule has 0 atom stereocenters. The van der Waals surface area contributed by atoms with E-state index in [4.69, 9.17) is 4.74 Å². The summed E-state index contributed by atoms with van der Waals surface area (Å²) < 4.78 is 32.1. The lowest BCUT2D eigenvalue weighted by atomic mass is 9.92. The van der Waals surface area contributed by atoms with Crippen LogP contribution in [-0.4, -0.2) is 44.3 Å². The van der Waals surface area contributed by atoms with E-state index in [1.54, 1.807) is 7.05 Å². The summed E-state index contributed by atoms with van der Waals surface area (Å²) in [6, 6.07) is 6.08. The van der Waals surface area contributed by atoms with Gasteiger partial charge in [-0.15, -0.1) is 0 Å². The Morgan fingerprint density at radius 1 is 1.10 bits per heavy atom. The molecule has 1 aliphatic rings. The van der Waals surface area contributed by atoms with Gasteiger partial charge in [0.15, 0.2) is 6.61 Å². The number of carbonyl (C=O) groups excluding carboxylic acids is 2. The highest BCUT2D eigenvalue weighted by molar-refractivity contribution is 7.89. The van der Waals surface area contributed by atoms with Crippen molar-refractivity contribution in [3.05, 3.63) is 24.3 Å². The summed E-state index contributed by atoms with van der Waals surface area (Å²) >= 11 is 0. The third-order valence-corrected chi connectivity index (χ3v) is 6.87. The Bertz CT molecular complexity index is 806. The van der Waals surface area contributed by atoms with E-state index >= 15 is 0 Å². The minimum absolute atomic E-state index is 0.0379. The molecule has 29 heavy (non-hydrogen) atoms. The van der Waals surface area contributed by atoms with E-state index in [1.807, 2.05) is 20.8 Å². The van der Waals surface area contributed by atoms with Crippen molar-refractivity contribution in [3.8, 4) is 0 Å². The highest BCUT2D eigenvalue weighted by Gasteiger charge is 2.29. The average Bonchev–Trinajstić information content (AvgIpc) is 2.65. The number of benzene rings is 1. The molecule has 0 spiro atoms. The van der Waals surface area contributed by atoms with Gasteiger partial charge < -0.3 is 10.1 Å². The van der Waals surface area contributed by atoms with Crippen LogP contribution in [0.5, 0.6) is 0 Å². The zero-order valence-corrected chi connectivity index (χ0v) is 18.5. The van der Waals surface area contributed by atoms with E-state index in [-0.39, 0.29) is 29.4 Å². The average molecular weight is 425 g/mol. The quantitative estimate of drug-likeness (QED) is 0.676. The van der Waals surface area contributed by atoms with Crippen LogP contribution in [0.15, 0.2) is 29.2 Å². The molecule has 0 aromatic heterocycles. The molecule has 0 aliphatic heterocycles. The molecule has 0 saturated heterocycles. The Morgan fingerprint density at radius 2 is 1.69 bits per heavy atom. The first-order valence-electron chi connectivity index (χ1n) is 10.0. The molecule has 1 aliphatic carbocycles. The number of esters is 1. The first-order chi connectivity index (χ1) is 13.5. The molecule has 7 nitrogen and oxygen atoms in total. The second kappa shape index (κ2) is 9.71. The Balaban J connectivity index is 1.92. The van der Waals surface area contributed by atoms with Crippen molar-refractivity contribution in [3.63, 3.8) is 0 Å². The molecule has 8 heteroatoms. The molecule has 1 aromatic rings. The van der Waals surface area contributed by atoms with Crippen molar-refractivity contribution >= 4 is 27.6 Å². The first-order valence-corrected chi connectivity index (χ1v) is 11.5. The minimum atomic E-state index is -3.57. The highest BCUT2D eigenvalue weighted by atomic mass is 32.2. The number of nitrogens with zero attached hydrogens (tertiary/aromatic N) is 1. The van der Waals surface area contributed by atoms with Crippen molar-refractivity contribution < 1.29 is 22.7 Å². The third kappa shape index (κ3) is 7.12. The molecule has 2 rings (SSSR count). The molecule has 1 amide bonds. The SMILES string of the molecule is CN(C1CCCCC1)S(=O)(=O)c1ccc(NC(=O)COC(=O)CC(C)(C)C)cc1. The third-order valence-electron chi connectivity index (χ3n) is 4.94. The van der Waals surface area contributed by atoms with Gasteiger partial charge in [-0.25, -0.2) is 8.42 Å². The van der Waals surface area contributed by atoms with Crippen LogP contribution in [0.2, 0.25) is 0 Å². The molecule has 0 heterocycles. The fourth-order valence-electron chi connectivity index (χ4n) is 3.34. The molecule has 1 fully saturated rings. The minimum Gasteiger partial charge on any atom is -0.456 e. The van der Waals surface area contributed by atoms with Crippen LogP contribution in [0, 0.1) is 5.41 Å². The lowest BCUT2D eigenvalue weighted by Crippen LogP contribution is -2.38. The molecular formula is C21H32N2O5S. The summed E-state index contributed by atoms with van der Waals surface area (Å²) in [5.41, 5.74) is 0.237.